The van der Waals surface area contributed by atoms with Gasteiger partial charge in [0.1, 0.15) is 17.2 Å². The zero-order valence-electron chi connectivity index (χ0n) is 16.3. The molecule has 0 bridgehead atoms. The highest BCUT2D eigenvalue weighted by molar-refractivity contribution is 7.92. The van der Waals surface area contributed by atoms with Crippen LogP contribution < -0.4 is 10.0 Å². The maximum Gasteiger partial charge on any atom is 0.261 e. The third-order valence-corrected chi connectivity index (χ3v) is 5.59. The summed E-state index contributed by atoms with van der Waals surface area (Å²) in [6, 6.07) is 11.6. The number of carbonyl (C=O) groups excluding carboxylic acids is 1. The Morgan fingerprint density at radius 2 is 1.83 bits per heavy atom. The molecule has 7 nitrogen and oxygen atoms in total. The van der Waals surface area contributed by atoms with Gasteiger partial charge in [0, 0.05) is 6.42 Å². The predicted molar refractivity (Wildman–Crippen MR) is 113 cm³/mol. The molecule has 0 aliphatic carbocycles. The van der Waals surface area contributed by atoms with Gasteiger partial charge in [-0.05, 0) is 42.8 Å². The van der Waals surface area contributed by atoms with Crippen LogP contribution in [0.2, 0.25) is 0 Å². The highest BCUT2D eigenvalue weighted by atomic mass is 32.2. The first-order valence-electron chi connectivity index (χ1n) is 9.12. The van der Waals surface area contributed by atoms with Crippen LogP contribution in [0, 0.1) is 12.7 Å². The fourth-order valence-corrected chi connectivity index (χ4v) is 3.63. The van der Waals surface area contributed by atoms with Crippen LogP contribution in [0.3, 0.4) is 0 Å². The Labute approximate surface area is 173 Å². The van der Waals surface area contributed by atoms with E-state index in [1.807, 2.05) is 0 Å². The molecule has 3 aromatic rings. The van der Waals surface area contributed by atoms with E-state index < -0.39 is 15.8 Å². The van der Waals surface area contributed by atoms with Crippen molar-refractivity contribution < 1.29 is 22.1 Å². The molecule has 0 saturated carbocycles. The monoisotopic (exact) mass is 429 g/mol. The second-order valence-corrected chi connectivity index (χ2v) is 8.08. The van der Waals surface area contributed by atoms with E-state index in [1.165, 1.54) is 36.4 Å². The van der Waals surface area contributed by atoms with Crippen molar-refractivity contribution in [3.63, 3.8) is 0 Å². The molecule has 156 valence electrons. The van der Waals surface area contributed by atoms with Crippen LogP contribution in [0.15, 0.2) is 57.9 Å². The number of rotatable bonds is 7. The van der Waals surface area contributed by atoms with Gasteiger partial charge in [-0.1, -0.05) is 42.4 Å². The number of hydrogen-bond acceptors (Lipinski definition) is 5. The highest BCUT2D eigenvalue weighted by Gasteiger charge is 2.16. The topological polar surface area (TPSA) is 101 Å². The van der Waals surface area contributed by atoms with Gasteiger partial charge in [0.2, 0.25) is 5.91 Å². The molecular weight excluding hydrogens is 409 g/mol. The second kappa shape index (κ2) is 8.91. The van der Waals surface area contributed by atoms with Crippen molar-refractivity contribution in [2.45, 2.75) is 25.2 Å². The smallest absolute Gasteiger partial charge is 0.261 e. The summed E-state index contributed by atoms with van der Waals surface area (Å²) in [7, 11) is -3.93. The van der Waals surface area contributed by atoms with Gasteiger partial charge in [-0.2, -0.15) is 0 Å². The normalized spacial score (nSPS) is 11.6. The maximum absolute atomic E-state index is 13.7. The third-order valence-electron chi connectivity index (χ3n) is 4.21. The van der Waals surface area contributed by atoms with Crippen molar-refractivity contribution in [2.75, 3.05) is 10.0 Å². The van der Waals surface area contributed by atoms with Crippen molar-refractivity contribution >= 4 is 39.5 Å². The number of nitrogens with zero attached hydrogens (tertiary/aromatic N) is 1. The first kappa shape index (κ1) is 21.3. The van der Waals surface area contributed by atoms with E-state index in [4.69, 9.17) is 4.52 Å². The summed E-state index contributed by atoms with van der Waals surface area (Å²) in [5.74, 6) is -0.436. The molecule has 3 rings (SSSR count). The van der Waals surface area contributed by atoms with Crippen LogP contribution in [0.4, 0.5) is 15.8 Å². The summed E-state index contributed by atoms with van der Waals surface area (Å²) >= 11 is 0. The van der Waals surface area contributed by atoms with Crippen molar-refractivity contribution in [3.05, 3.63) is 71.4 Å². The molecule has 0 atom stereocenters. The zero-order chi connectivity index (χ0) is 21.7. The first-order valence-corrected chi connectivity index (χ1v) is 10.6. The standard InChI is InChI=1S/C21H20FN3O4S/c1-3-20(26)23-21-14(2)24-29-19(21)13-10-15-8-11-16(12-9-15)30(27,28)25-18-7-5-4-6-17(18)22/h4-13,25H,3H2,1-2H3,(H,23,26). The van der Waals surface area contributed by atoms with E-state index in [9.17, 15) is 17.6 Å². The number of carbonyl (C=O) groups is 1. The van der Waals surface area contributed by atoms with Gasteiger partial charge in [0.05, 0.1) is 10.6 Å². The Morgan fingerprint density at radius 3 is 2.50 bits per heavy atom. The molecule has 1 aromatic heterocycles. The van der Waals surface area contributed by atoms with Crippen molar-refractivity contribution in [2.24, 2.45) is 0 Å². The number of hydrogen-bond donors (Lipinski definition) is 2. The zero-order valence-corrected chi connectivity index (χ0v) is 17.2. The summed E-state index contributed by atoms with van der Waals surface area (Å²) < 4.78 is 46.1. The van der Waals surface area contributed by atoms with Crippen molar-refractivity contribution in [1.29, 1.82) is 0 Å². The van der Waals surface area contributed by atoms with Crippen molar-refractivity contribution in [1.82, 2.24) is 5.16 Å². The molecule has 0 aliphatic heterocycles. The number of amides is 1. The highest BCUT2D eigenvalue weighted by Crippen LogP contribution is 2.23. The van der Waals surface area contributed by atoms with Gasteiger partial charge in [-0.15, -0.1) is 0 Å². The molecule has 0 aliphatic rings. The minimum atomic E-state index is -3.93. The molecule has 1 amide bonds. The predicted octanol–water partition coefficient (Wildman–Crippen LogP) is 4.44. The molecule has 0 saturated heterocycles. The maximum atomic E-state index is 13.7. The lowest BCUT2D eigenvalue weighted by molar-refractivity contribution is -0.115. The lowest BCUT2D eigenvalue weighted by Gasteiger charge is -2.09. The number of aryl methyl sites for hydroxylation is 1. The number of halogens is 1. The lowest BCUT2D eigenvalue weighted by atomic mass is 10.2. The van der Waals surface area contributed by atoms with Crippen LogP contribution in [0.25, 0.3) is 12.2 Å². The summed E-state index contributed by atoms with van der Waals surface area (Å²) in [6.45, 7) is 3.46. The number of para-hydroxylation sites is 1. The number of nitrogens with one attached hydrogen (secondary N) is 2. The largest absolute Gasteiger partial charge is 0.354 e. The molecule has 9 heteroatoms. The summed E-state index contributed by atoms with van der Waals surface area (Å²) in [5.41, 5.74) is 1.62. The van der Waals surface area contributed by atoms with Crippen LogP contribution in [-0.2, 0) is 14.8 Å². The molecule has 0 unspecified atom stereocenters. The second-order valence-electron chi connectivity index (χ2n) is 6.40. The van der Waals surface area contributed by atoms with Crippen LogP contribution in [0.1, 0.15) is 30.4 Å². The van der Waals surface area contributed by atoms with E-state index in [1.54, 1.807) is 38.1 Å². The number of anilines is 2. The average molecular weight is 429 g/mol. The molecule has 1 heterocycles. The van der Waals surface area contributed by atoms with Crippen LogP contribution in [-0.4, -0.2) is 19.5 Å². The van der Waals surface area contributed by atoms with Crippen LogP contribution >= 0.6 is 0 Å². The lowest BCUT2D eigenvalue weighted by Crippen LogP contribution is -2.13. The minimum absolute atomic E-state index is 0.00527. The third kappa shape index (κ3) is 4.93. The molecular formula is C21H20FN3O4S. The van der Waals surface area contributed by atoms with Gasteiger partial charge < -0.3 is 9.84 Å². The summed E-state index contributed by atoms with van der Waals surface area (Å²) in [6.07, 6.45) is 3.65. The summed E-state index contributed by atoms with van der Waals surface area (Å²) in [4.78, 5) is 11.6. The number of benzene rings is 2. The van der Waals surface area contributed by atoms with E-state index >= 15 is 0 Å². The van der Waals surface area contributed by atoms with E-state index in [-0.39, 0.29) is 16.5 Å². The first-order chi connectivity index (χ1) is 14.3. The van der Waals surface area contributed by atoms with Gasteiger partial charge in [0.25, 0.3) is 10.0 Å². The molecule has 30 heavy (non-hydrogen) atoms. The Morgan fingerprint density at radius 1 is 1.13 bits per heavy atom. The Hall–Kier alpha value is -3.46. The Bertz CT molecular complexity index is 1190. The van der Waals surface area contributed by atoms with E-state index in [2.05, 4.69) is 15.2 Å². The molecule has 0 spiro atoms. The number of sulfonamides is 1. The van der Waals surface area contributed by atoms with Gasteiger partial charge >= 0.3 is 0 Å². The quantitative estimate of drug-likeness (QED) is 0.578. The average Bonchev–Trinajstić information content (AvgIpc) is 3.07. The van der Waals surface area contributed by atoms with Crippen LogP contribution in [0.5, 0.6) is 0 Å². The fourth-order valence-electron chi connectivity index (χ4n) is 2.56. The Kier molecular flexibility index (Phi) is 6.31. The van der Waals surface area contributed by atoms with E-state index in [0.717, 1.165) is 0 Å². The Balaban J connectivity index is 1.77. The van der Waals surface area contributed by atoms with E-state index in [0.29, 0.717) is 29.1 Å². The van der Waals surface area contributed by atoms with Gasteiger partial charge in [-0.25, -0.2) is 12.8 Å². The molecule has 2 N–H and O–H groups in total. The number of aromatic nitrogens is 1. The van der Waals surface area contributed by atoms with Crippen molar-refractivity contribution in [3.8, 4) is 0 Å². The van der Waals surface area contributed by atoms with Gasteiger partial charge in [0.15, 0.2) is 5.76 Å². The molecule has 0 fully saturated rings. The molecule has 2 aromatic carbocycles. The summed E-state index contributed by atoms with van der Waals surface area (Å²) in [5, 5.41) is 6.59. The fraction of sp³-hybridized carbons (Fsp3) is 0.143. The SMILES string of the molecule is CCC(=O)Nc1c(C)noc1C=Cc1ccc(S(=O)(=O)Nc2ccccc2F)cc1. The minimum Gasteiger partial charge on any atom is -0.354 e. The van der Waals surface area contributed by atoms with Gasteiger partial charge in [-0.3, -0.25) is 9.52 Å². The molecule has 0 radical (unpaired) electrons.